The molecule has 1 aromatic rings. The minimum atomic E-state index is -0.0502. The maximum Gasteiger partial charge on any atom is 0.233 e. The summed E-state index contributed by atoms with van der Waals surface area (Å²) in [5.41, 5.74) is 0. The molecule has 1 rings (SSSR count). The fourth-order valence-electron chi connectivity index (χ4n) is 1.64. The second-order valence-corrected chi connectivity index (χ2v) is 9.35. The molecular weight excluding hydrogens is 322 g/mol. The van der Waals surface area contributed by atoms with E-state index in [1.54, 1.807) is 11.8 Å². The summed E-state index contributed by atoms with van der Waals surface area (Å²) in [6.07, 6.45) is 0.811. The van der Waals surface area contributed by atoms with Crippen LogP contribution in [0.4, 0.5) is 0 Å². The van der Waals surface area contributed by atoms with Crippen LogP contribution in [0.3, 0.4) is 0 Å². The molecule has 0 saturated carbocycles. The predicted molar refractivity (Wildman–Crippen MR) is 96.6 cm³/mol. The van der Waals surface area contributed by atoms with Crippen molar-refractivity contribution < 1.29 is 4.79 Å². The van der Waals surface area contributed by atoms with Gasteiger partial charge in [0.2, 0.25) is 5.91 Å². The van der Waals surface area contributed by atoms with Gasteiger partial charge in [-0.15, -0.1) is 11.8 Å². The van der Waals surface area contributed by atoms with Crippen LogP contribution in [0.5, 0.6) is 0 Å². The monoisotopic (exact) mass is 345 g/mol. The molecule has 0 aliphatic carbocycles. The number of thioether (sulfide) groups is 2. The lowest BCUT2D eigenvalue weighted by molar-refractivity contribution is -0.120. The Kier molecular flexibility index (Phi) is 7.99. The first kappa shape index (κ1) is 18.7. The number of amides is 1. The molecular formula is C16H24ClNOS2. The molecule has 1 amide bonds. The zero-order valence-electron chi connectivity index (χ0n) is 13.1. The van der Waals surface area contributed by atoms with Crippen molar-refractivity contribution in [1.82, 2.24) is 5.32 Å². The van der Waals surface area contributed by atoms with Crippen molar-refractivity contribution in [3.05, 3.63) is 29.3 Å². The molecule has 1 atom stereocenters. The Morgan fingerprint density at radius 2 is 1.90 bits per heavy atom. The molecule has 0 aromatic heterocycles. The van der Waals surface area contributed by atoms with E-state index in [-0.39, 0.29) is 15.9 Å². The van der Waals surface area contributed by atoms with Crippen molar-refractivity contribution in [2.75, 3.05) is 12.3 Å². The number of carbonyl (C=O) groups is 1. The zero-order chi connectivity index (χ0) is 15.9. The van der Waals surface area contributed by atoms with E-state index in [0.29, 0.717) is 0 Å². The summed E-state index contributed by atoms with van der Waals surface area (Å²) < 4.78 is 0.243. The smallest absolute Gasteiger partial charge is 0.233 e. The van der Waals surface area contributed by atoms with E-state index in [1.165, 1.54) is 0 Å². The van der Waals surface area contributed by atoms with Gasteiger partial charge in [-0.25, -0.2) is 0 Å². The maximum absolute atomic E-state index is 12.2. The molecule has 0 heterocycles. The Morgan fingerprint density at radius 1 is 1.29 bits per heavy atom. The molecule has 0 bridgehead atoms. The van der Waals surface area contributed by atoms with Crippen molar-refractivity contribution in [2.45, 2.75) is 49.0 Å². The summed E-state index contributed by atoms with van der Waals surface area (Å²) in [6.45, 7) is 9.32. The first-order valence-electron chi connectivity index (χ1n) is 7.15. The van der Waals surface area contributed by atoms with Crippen LogP contribution in [0.2, 0.25) is 5.02 Å². The number of carbonyl (C=O) groups excluding carboxylic acids is 1. The van der Waals surface area contributed by atoms with Gasteiger partial charge in [0.05, 0.1) is 5.25 Å². The van der Waals surface area contributed by atoms with E-state index in [2.05, 4.69) is 26.1 Å². The standard InChI is InChI=1S/C16H24ClNOS2/c1-5-14(21-13-8-6-12(17)7-9-13)15(19)18-10-11-20-16(2,3)4/h6-9,14H,5,10-11H2,1-4H3,(H,18,19). The van der Waals surface area contributed by atoms with Gasteiger partial charge in [-0.3, -0.25) is 4.79 Å². The molecule has 0 aliphatic rings. The molecule has 1 N–H and O–H groups in total. The van der Waals surface area contributed by atoms with Gasteiger partial charge in [0.15, 0.2) is 0 Å². The summed E-state index contributed by atoms with van der Waals surface area (Å²) in [7, 11) is 0. The van der Waals surface area contributed by atoms with Gasteiger partial charge >= 0.3 is 0 Å². The van der Waals surface area contributed by atoms with Crippen molar-refractivity contribution in [2.24, 2.45) is 0 Å². The third kappa shape index (κ3) is 8.03. The largest absolute Gasteiger partial charge is 0.354 e. The van der Waals surface area contributed by atoms with E-state index < -0.39 is 0 Å². The van der Waals surface area contributed by atoms with Crippen molar-refractivity contribution in [1.29, 1.82) is 0 Å². The molecule has 0 radical (unpaired) electrons. The minimum absolute atomic E-state index is 0.0502. The highest BCUT2D eigenvalue weighted by molar-refractivity contribution is 8.00. The average Bonchev–Trinajstić information content (AvgIpc) is 2.41. The minimum Gasteiger partial charge on any atom is -0.354 e. The molecule has 21 heavy (non-hydrogen) atoms. The second-order valence-electron chi connectivity index (χ2n) is 5.72. The normalized spacial score (nSPS) is 13.0. The van der Waals surface area contributed by atoms with Crippen LogP contribution in [0.1, 0.15) is 34.1 Å². The summed E-state index contributed by atoms with van der Waals surface area (Å²) >= 11 is 9.33. The Bertz CT molecular complexity index is 443. The highest BCUT2D eigenvalue weighted by atomic mass is 35.5. The zero-order valence-corrected chi connectivity index (χ0v) is 15.5. The van der Waals surface area contributed by atoms with Gasteiger partial charge in [0.1, 0.15) is 0 Å². The van der Waals surface area contributed by atoms with E-state index >= 15 is 0 Å². The summed E-state index contributed by atoms with van der Waals surface area (Å²) in [5, 5.41) is 3.70. The van der Waals surface area contributed by atoms with Gasteiger partial charge in [-0.05, 0) is 30.7 Å². The predicted octanol–water partition coefficient (Wildman–Crippen LogP) is 4.86. The van der Waals surface area contributed by atoms with Crippen molar-refractivity contribution in [3.63, 3.8) is 0 Å². The van der Waals surface area contributed by atoms with Gasteiger partial charge in [0, 0.05) is 27.0 Å². The van der Waals surface area contributed by atoms with E-state index in [0.717, 1.165) is 28.6 Å². The van der Waals surface area contributed by atoms with Crippen molar-refractivity contribution >= 4 is 41.0 Å². The van der Waals surface area contributed by atoms with Crippen LogP contribution in [0.25, 0.3) is 0 Å². The SMILES string of the molecule is CCC(Sc1ccc(Cl)cc1)C(=O)NCCSC(C)(C)C. The van der Waals surface area contributed by atoms with Crippen LogP contribution in [-0.4, -0.2) is 28.2 Å². The Hall–Kier alpha value is -0.320. The Labute approximate surface area is 141 Å². The molecule has 1 unspecified atom stereocenters. The number of hydrogen-bond donors (Lipinski definition) is 1. The average molecular weight is 346 g/mol. The molecule has 2 nitrogen and oxygen atoms in total. The number of hydrogen-bond acceptors (Lipinski definition) is 3. The topological polar surface area (TPSA) is 29.1 Å². The molecule has 1 aromatic carbocycles. The van der Waals surface area contributed by atoms with E-state index in [9.17, 15) is 4.79 Å². The molecule has 0 fully saturated rings. The van der Waals surface area contributed by atoms with Gasteiger partial charge in [0.25, 0.3) is 0 Å². The fourth-order valence-corrected chi connectivity index (χ4v) is 3.57. The number of nitrogens with one attached hydrogen (secondary N) is 1. The number of halogens is 1. The maximum atomic E-state index is 12.2. The molecule has 0 saturated heterocycles. The number of benzene rings is 1. The van der Waals surface area contributed by atoms with Crippen LogP contribution in [0.15, 0.2) is 29.2 Å². The van der Waals surface area contributed by atoms with E-state index in [1.807, 2.05) is 43.0 Å². The highest BCUT2D eigenvalue weighted by Gasteiger charge is 2.18. The lowest BCUT2D eigenvalue weighted by Crippen LogP contribution is -2.34. The van der Waals surface area contributed by atoms with Gasteiger partial charge < -0.3 is 5.32 Å². The lowest BCUT2D eigenvalue weighted by Gasteiger charge is -2.18. The third-order valence-electron chi connectivity index (χ3n) is 2.69. The molecule has 118 valence electrons. The molecule has 0 spiro atoms. The molecule has 5 heteroatoms. The van der Waals surface area contributed by atoms with E-state index in [4.69, 9.17) is 11.6 Å². The second kappa shape index (κ2) is 8.96. The van der Waals surface area contributed by atoms with Gasteiger partial charge in [-0.2, -0.15) is 11.8 Å². The van der Waals surface area contributed by atoms with Crippen LogP contribution >= 0.6 is 35.1 Å². The summed E-state index contributed by atoms with van der Waals surface area (Å²) in [4.78, 5) is 13.3. The lowest BCUT2D eigenvalue weighted by atomic mass is 10.3. The highest BCUT2D eigenvalue weighted by Crippen LogP contribution is 2.27. The first-order chi connectivity index (χ1) is 9.81. The summed E-state index contributed by atoms with van der Waals surface area (Å²) in [5.74, 6) is 1.06. The fraction of sp³-hybridized carbons (Fsp3) is 0.562. The first-order valence-corrected chi connectivity index (χ1v) is 9.40. The molecule has 0 aliphatic heterocycles. The van der Waals surface area contributed by atoms with Crippen LogP contribution in [0, 0.1) is 0 Å². The Morgan fingerprint density at radius 3 is 2.43 bits per heavy atom. The quantitative estimate of drug-likeness (QED) is 0.565. The number of rotatable bonds is 7. The van der Waals surface area contributed by atoms with Crippen LogP contribution < -0.4 is 5.32 Å². The van der Waals surface area contributed by atoms with Gasteiger partial charge in [-0.1, -0.05) is 39.3 Å². The van der Waals surface area contributed by atoms with Crippen LogP contribution in [-0.2, 0) is 4.79 Å². The van der Waals surface area contributed by atoms with Crippen molar-refractivity contribution in [3.8, 4) is 0 Å². The third-order valence-corrected chi connectivity index (χ3v) is 5.59. The Balaban J connectivity index is 2.41. The summed E-state index contributed by atoms with van der Waals surface area (Å²) in [6, 6.07) is 7.62.